The molecule has 5 nitrogen and oxygen atoms in total. The average molecular weight is 361 g/mol. The Morgan fingerprint density at radius 3 is 3.00 bits per heavy atom. The summed E-state index contributed by atoms with van der Waals surface area (Å²) in [6.45, 7) is 2.98. The maximum absolute atomic E-state index is 13.4. The molecule has 1 fully saturated rings. The van der Waals surface area contributed by atoms with Gasteiger partial charge >= 0.3 is 5.97 Å². The van der Waals surface area contributed by atoms with E-state index in [9.17, 15) is 10.1 Å². The molecule has 0 spiro atoms. The average Bonchev–Trinajstić information content (AvgIpc) is 3.05. The molecule has 4 bridgehead atoms. The maximum atomic E-state index is 13.4. The van der Waals surface area contributed by atoms with Crippen molar-refractivity contribution in [3.63, 3.8) is 0 Å². The first-order valence-electron chi connectivity index (χ1n) is 9.68. The van der Waals surface area contributed by atoms with Crippen molar-refractivity contribution in [1.29, 1.82) is 5.26 Å². The van der Waals surface area contributed by atoms with Crippen LogP contribution in [0.1, 0.15) is 31.0 Å². The highest BCUT2D eigenvalue weighted by atomic mass is 16.5. The number of carbonyl (C=O) groups excluding carboxylic acids is 1. The van der Waals surface area contributed by atoms with E-state index in [1.807, 2.05) is 18.2 Å². The molecule has 4 aliphatic rings. The van der Waals surface area contributed by atoms with Crippen LogP contribution in [0, 0.1) is 17.2 Å². The van der Waals surface area contributed by atoms with E-state index in [1.54, 1.807) is 0 Å². The van der Waals surface area contributed by atoms with Crippen LogP contribution in [0.3, 0.4) is 0 Å². The number of nitrogens with zero attached hydrogens (tertiary/aromatic N) is 2. The normalized spacial score (nSPS) is 33.7. The fourth-order valence-electron chi connectivity index (χ4n) is 5.84. The first-order chi connectivity index (χ1) is 13.1. The molecule has 1 N–H and O–H groups in total. The zero-order chi connectivity index (χ0) is 18.8. The number of aromatic amines is 1. The number of carbonyl (C=O) groups is 1. The molecular formula is C22H23N3O2. The maximum Gasteiger partial charge on any atom is 0.319 e. The number of nitrogens with one attached hydrogen (secondary N) is 1. The van der Waals surface area contributed by atoms with Gasteiger partial charge in [0.1, 0.15) is 11.5 Å². The molecule has 2 unspecified atom stereocenters. The van der Waals surface area contributed by atoms with Gasteiger partial charge in [-0.15, -0.1) is 0 Å². The van der Waals surface area contributed by atoms with Crippen LogP contribution in [0.4, 0.5) is 0 Å². The van der Waals surface area contributed by atoms with Crippen molar-refractivity contribution < 1.29 is 9.53 Å². The highest BCUT2D eigenvalue weighted by Crippen LogP contribution is 2.54. The standard InChI is InChI=1S/C22H23N3O2/c1-3-14-8-13-10-22(21(26)27-2)19-17(16-6-4-5-7-18(16)24-19)9-15(11-23)25(12-13)20(14)22/h4-8,13,15,20,24H,3,9-10,12H2,1-2H3/t13-,15?,20+,22-/m0/s1. The summed E-state index contributed by atoms with van der Waals surface area (Å²) < 4.78 is 5.39. The number of esters is 1. The van der Waals surface area contributed by atoms with Gasteiger partial charge in [0, 0.05) is 29.6 Å². The summed E-state index contributed by atoms with van der Waals surface area (Å²) in [5.74, 6) is 0.0740. The predicted molar refractivity (Wildman–Crippen MR) is 102 cm³/mol. The molecular weight excluding hydrogens is 338 g/mol. The molecule has 0 saturated carbocycles. The quantitative estimate of drug-likeness (QED) is 0.659. The Balaban J connectivity index is 1.87. The van der Waals surface area contributed by atoms with Crippen LogP contribution in [0.25, 0.3) is 10.9 Å². The van der Waals surface area contributed by atoms with Crippen molar-refractivity contribution in [3.8, 4) is 6.07 Å². The van der Waals surface area contributed by atoms with E-state index in [0.717, 1.165) is 41.5 Å². The van der Waals surface area contributed by atoms with E-state index in [-0.39, 0.29) is 24.0 Å². The Labute approximate surface area is 158 Å². The number of methoxy groups -OCH3 is 1. The molecule has 27 heavy (non-hydrogen) atoms. The first-order valence-corrected chi connectivity index (χ1v) is 9.68. The van der Waals surface area contributed by atoms with E-state index in [2.05, 4.69) is 35.0 Å². The molecule has 5 atom stereocenters. The van der Waals surface area contributed by atoms with E-state index < -0.39 is 5.41 Å². The second kappa shape index (κ2) is 5.71. The number of hydrogen-bond acceptors (Lipinski definition) is 4. The summed E-state index contributed by atoms with van der Waals surface area (Å²) in [6, 6.07) is 10.3. The van der Waals surface area contributed by atoms with Gasteiger partial charge in [0.05, 0.1) is 19.2 Å². The third kappa shape index (κ3) is 1.99. The van der Waals surface area contributed by atoms with Crippen LogP contribution in [-0.4, -0.2) is 41.6 Å². The number of nitriles is 1. The lowest BCUT2D eigenvalue weighted by molar-refractivity contribution is -0.154. The molecule has 1 aromatic carbocycles. The largest absolute Gasteiger partial charge is 0.468 e. The fraction of sp³-hybridized carbons (Fsp3) is 0.455. The number of para-hydroxylation sites is 1. The van der Waals surface area contributed by atoms with Gasteiger partial charge in [0.15, 0.2) is 0 Å². The van der Waals surface area contributed by atoms with Gasteiger partial charge in [-0.05, 0) is 30.4 Å². The number of aromatic nitrogens is 1. The molecule has 4 heterocycles. The highest BCUT2D eigenvalue weighted by Gasteiger charge is 2.62. The van der Waals surface area contributed by atoms with Gasteiger partial charge in [-0.3, -0.25) is 9.69 Å². The molecule has 0 radical (unpaired) electrons. The van der Waals surface area contributed by atoms with Crippen LogP contribution >= 0.6 is 0 Å². The van der Waals surface area contributed by atoms with Gasteiger partial charge in [0.2, 0.25) is 0 Å². The Morgan fingerprint density at radius 2 is 2.26 bits per heavy atom. The summed E-state index contributed by atoms with van der Waals surface area (Å²) in [7, 11) is 1.48. The lowest BCUT2D eigenvalue weighted by Crippen LogP contribution is -2.65. The molecule has 2 aromatic rings. The third-order valence-corrected chi connectivity index (χ3v) is 6.79. The van der Waals surface area contributed by atoms with Crippen LogP contribution in [-0.2, 0) is 21.4 Å². The number of hydrogen-bond donors (Lipinski definition) is 1. The number of H-pyrrole nitrogens is 1. The number of rotatable bonds is 2. The molecule has 138 valence electrons. The Kier molecular flexibility index (Phi) is 3.50. The van der Waals surface area contributed by atoms with Crippen molar-refractivity contribution in [2.24, 2.45) is 5.92 Å². The zero-order valence-corrected chi connectivity index (χ0v) is 15.7. The van der Waals surface area contributed by atoms with Crippen LogP contribution < -0.4 is 0 Å². The Hall–Kier alpha value is -2.58. The monoisotopic (exact) mass is 361 g/mol. The number of piperidine rings is 1. The minimum atomic E-state index is -0.766. The third-order valence-electron chi connectivity index (χ3n) is 6.79. The van der Waals surface area contributed by atoms with Crippen LogP contribution in [0.15, 0.2) is 35.9 Å². The molecule has 1 aliphatic carbocycles. The Morgan fingerprint density at radius 1 is 1.44 bits per heavy atom. The predicted octanol–water partition coefficient (Wildman–Crippen LogP) is 3.07. The van der Waals surface area contributed by atoms with Crippen LogP contribution in [0.2, 0.25) is 0 Å². The summed E-state index contributed by atoms with van der Waals surface area (Å²) in [5, 5.41) is 11.1. The van der Waals surface area contributed by atoms with Crippen molar-refractivity contribution in [2.45, 2.75) is 43.7 Å². The van der Waals surface area contributed by atoms with Gasteiger partial charge in [-0.25, -0.2) is 0 Å². The second-order valence-electron chi connectivity index (χ2n) is 7.99. The van der Waals surface area contributed by atoms with Crippen molar-refractivity contribution >= 4 is 16.9 Å². The number of benzene rings is 1. The smallest absolute Gasteiger partial charge is 0.319 e. The number of fused-ring (bicyclic) bond motifs is 3. The van der Waals surface area contributed by atoms with Gasteiger partial charge < -0.3 is 9.72 Å². The van der Waals surface area contributed by atoms with Crippen molar-refractivity contribution in [1.82, 2.24) is 9.88 Å². The SMILES string of the molecule is CCC1=C[C@@H]2CN3C(C#N)Cc4c([nH]c5ccccc45)[C@@](C(=O)OC)(C2)[C@@H]13. The second-order valence-corrected chi connectivity index (χ2v) is 7.99. The van der Waals surface area contributed by atoms with E-state index in [4.69, 9.17) is 4.74 Å². The summed E-state index contributed by atoms with van der Waals surface area (Å²) in [5.41, 5.74) is 3.59. The zero-order valence-electron chi connectivity index (χ0n) is 15.7. The molecule has 1 aromatic heterocycles. The van der Waals surface area contributed by atoms with Gasteiger partial charge in [-0.1, -0.05) is 36.8 Å². The molecule has 3 aliphatic heterocycles. The summed E-state index contributed by atoms with van der Waals surface area (Å²) in [4.78, 5) is 19.2. The summed E-state index contributed by atoms with van der Waals surface area (Å²) >= 11 is 0. The lowest BCUT2D eigenvalue weighted by Gasteiger charge is -2.54. The van der Waals surface area contributed by atoms with E-state index in [0.29, 0.717) is 6.42 Å². The summed E-state index contributed by atoms with van der Waals surface area (Å²) in [6.07, 6.45) is 4.59. The van der Waals surface area contributed by atoms with Crippen LogP contribution in [0.5, 0.6) is 0 Å². The van der Waals surface area contributed by atoms with Crippen molar-refractivity contribution in [2.75, 3.05) is 13.7 Å². The minimum absolute atomic E-state index is 0.112. The molecule has 5 heteroatoms. The first kappa shape index (κ1) is 16.6. The van der Waals surface area contributed by atoms with Crippen molar-refractivity contribution in [3.05, 3.63) is 47.2 Å². The van der Waals surface area contributed by atoms with E-state index >= 15 is 0 Å². The Bertz CT molecular complexity index is 1010. The van der Waals surface area contributed by atoms with Gasteiger partial charge in [0.25, 0.3) is 0 Å². The number of ether oxygens (including phenoxy) is 1. The highest BCUT2D eigenvalue weighted by molar-refractivity contribution is 5.92. The minimum Gasteiger partial charge on any atom is -0.468 e. The molecule has 0 amide bonds. The lowest BCUT2D eigenvalue weighted by atomic mass is 9.60. The van der Waals surface area contributed by atoms with Gasteiger partial charge in [-0.2, -0.15) is 5.26 Å². The molecule has 6 rings (SSSR count). The van der Waals surface area contributed by atoms with E-state index in [1.165, 1.54) is 12.7 Å². The molecule has 1 saturated heterocycles. The fourth-order valence-corrected chi connectivity index (χ4v) is 5.84. The topological polar surface area (TPSA) is 69.1 Å².